The number of anilines is 1. The van der Waals surface area contributed by atoms with Gasteiger partial charge >= 0.3 is 0 Å². The molecule has 0 aliphatic heterocycles. The zero-order valence-corrected chi connectivity index (χ0v) is 10.5. The third-order valence-corrected chi connectivity index (χ3v) is 3.50. The summed E-state index contributed by atoms with van der Waals surface area (Å²) in [7, 11) is 0. The van der Waals surface area contributed by atoms with Crippen molar-refractivity contribution in [2.75, 3.05) is 5.01 Å². The predicted molar refractivity (Wildman–Crippen MR) is 69.7 cm³/mol. The standard InChI is InChI=1S/C12H18N2O2S/c15-17(16)13-14(11-7-3-1-4-8-11)12-9-5-2-6-10-12/h1,3-4,7-8,12-13H,2,5-6,9-10H2,(H,15,16). The van der Waals surface area contributed by atoms with E-state index in [-0.39, 0.29) is 0 Å². The lowest BCUT2D eigenvalue weighted by molar-refractivity contribution is 0.403. The first kappa shape index (κ1) is 12.5. The van der Waals surface area contributed by atoms with Crippen LogP contribution in [-0.4, -0.2) is 14.8 Å². The summed E-state index contributed by atoms with van der Waals surface area (Å²) in [5.74, 6) is 0. The fourth-order valence-corrected chi connectivity index (χ4v) is 2.77. The molecule has 94 valence electrons. The number of hydrazine groups is 1. The number of hydrogen-bond acceptors (Lipinski definition) is 2. The molecule has 1 aromatic rings. The minimum atomic E-state index is -2.02. The Bertz CT molecular complexity index is 366. The van der Waals surface area contributed by atoms with Gasteiger partial charge in [-0.3, -0.25) is 9.56 Å². The molecule has 1 atom stereocenters. The van der Waals surface area contributed by atoms with Gasteiger partial charge in [0.25, 0.3) is 11.3 Å². The monoisotopic (exact) mass is 254 g/mol. The molecule has 0 bridgehead atoms. The Hall–Kier alpha value is -0.910. The summed E-state index contributed by atoms with van der Waals surface area (Å²) >= 11 is -2.02. The van der Waals surface area contributed by atoms with Gasteiger partial charge in [-0.25, -0.2) is 4.21 Å². The lowest BCUT2D eigenvalue weighted by Crippen LogP contribution is -2.47. The SMILES string of the molecule is O=S(O)NN(c1ccccc1)C1CCCCC1. The van der Waals surface area contributed by atoms with Crippen molar-refractivity contribution in [2.24, 2.45) is 0 Å². The van der Waals surface area contributed by atoms with Gasteiger partial charge in [0.05, 0.1) is 5.69 Å². The summed E-state index contributed by atoms with van der Waals surface area (Å²) in [6.45, 7) is 0. The van der Waals surface area contributed by atoms with Crippen molar-refractivity contribution < 1.29 is 8.76 Å². The van der Waals surface area contributed by atoms with Crippen LogP contribution in [0.2, 0.25) is 0 Å². The minimum Gasteiger partial charge on any atom is -0.293 e. The summed E-state index contributed by atoms with van der Waals surface area (Å²) in [5.41, 5.74) is 0.946. The lowest BCUT2D eigenvalue weighted by Gasteiger charge is -2.34. The Kier molecular flexibility index (Phi) is 4.53. The molecular formula is C12H18N2O2S. The van der Waals surface area contributed by atoms with Gasteiger partial charge in [0.1, 0.15) is 0 Å². The molecule has 1 aliphatic carbocycles. The fourth-order valence-electron chi connectivity index (χ4n) is 2.35. The van der Waals surface area contributed by atoms with Gasteiger partial charge in [-0.15, -0.1) is 4.83 Å². The van der Waals surface area contributed by atoms with Crippen LogP contribution in [0.5, 0.6) is 0 Å². The average molecular weight is 254 g/mol. The van der Waals surface area contributed by atoms with Crippen LogP contribution in [-0.2, 0) is 11.3 Å². The van der Waals surface area contributed by atoms with E-state index in [1.165, 1.54) is 19.3 Å². The molecule has 0 spiro atoms. The summed E-state index contributed by atoms with van der Waals surface area (Å²) in [5, 5.41) is 1.84. The van der Waals surface area contributed by atoms with E-state index >= 15 is 0 Å². The topological polar surface area (TPSA) is 52.6 Å². The molecule has 1 aliphatic rings. The Labute approximate surface area is 104 Å². The maximum Gasteiger partial charge on any atom is 0.250 e. The number of nitrogens with one attached hydrogen (secondary N) is 1. The van der Waals surface area contributed by atoms with E-state index in [1.807, 2.05) is 35.3 Å². The summed E-state index contributed by atoms with van der Waals surface area (Å²) in [6, 6.07) is 10.0. The van der Waals surface area contributed by atoms with Crippen LogP contribution >= 0.6 is 0 Å². The molecular weight excluding hydrogens is 236 g/mol. The Morgan fingerprint density at radius 2 is 1.82 bits per heavy atom. The van der Waals surface area contributed by atoms with Gasteiger partial charge in [-0.05, 0) is 25.0 Å². The highest BCUT2D eigenvalue weighted by Gasteiger charge is 2.22. The number of benzene rings is 1. The van der Waals surface area contributed by atoms with E-state index in [1.54, 1.807) is 0 Å². The van der Waals surface area contributed by atoms with Gasteiger partial charge in [0, 0.05) is 6.04 Å². The third-order valence-electron chi connectivity index (χ3n) is 3.15. The summed E-state index contributed by atoms with van der Waals surface area (Å²) in [6.07, 6.45) is 5.78. The molecule has 1 aromatic carbocycles. The molecule has 0 aromatic heterocycles. The van der Waals surface area contributed by atoms with Crippen molar-refractivity contribution in [1.82, 2.24) is 4.83 Å². The van der Waals surface area contributed by atoms with Crippen LogP contribution < -0.4 is 9.84 Å². The first-order valence-corrected chi connectivity index (χ1v) is 7.09. The highest BCUT2D eigenvalue weighted by atomic mass is 32.2. The molecule has 2 rings (SSSR count). The van der Waals surface area contributed by atoms with Gasteiger partial charge in [0.15, 0.2) is 0 Å². The maximum atomic E-state index is 11.0. The highest BCUT2D eigenvalue weighted by Crippen LogP contribution is 2.25. The van der Waals surface area contributed by atoms with Crippen molar-refractivity contribution in [1.29, 1.82) is 0 Å². The molecule has 4 nitrogen and oxygen atoms in total. The zero-order valence-electron chi connectivity index (χ0n) is 9.71. The van der Waals surface area contributed by atoms with Crippen molar-refractivity contribution in [3.8, 4) is 0 Å². The van der Waals surface area contributed by atoms with Crippen molar-refractivity contribution in [2.45, 2.75) is 38.1 Å². The Balaban J connectivity index is 2.15. The smallest absolute Gasteiger partial charge is 0.250 e. The third kappa shape index (κ3) is 3.52. The minimum absolute atomic E-state index is 0.308. The molecule has 1 fully saturated rings. The van der Waals surface area contributed by atoms with Crippen molar-refractivity contribution >= 4 is 17.0 Å². The Morgan fingerprint density at radius 3 is 2.41 bits per heavy atom. The second-order valence-corrected chi connectivity index (χ2v) is 5.02. The Morgan fingerprint density at radius 1 is 1.18 bits per heavy atom. The van der Waals surface area contributed by atoms with Gasteiger partial charge in [-0.2, -0.15) is 0 Å². The molecule has 0 saturated heterocycles. The quantitative estimate of drug-likeness (QED) is 0.641. The van der Waals surface area contributed by atoms with E-state index in [0.29, 0.717) is 6.04 Å². The first-order valence-electron chi connectivity index (χ1n) is 5.99. The number of para-hydroxylation sites is 1. The first-order chi connectivity index (χ1) is 8.27. The van der Waals surface area contributed by atoms with E-state index in [4.69, 9.17) is 4.55 Å². The summed E-state index contributed by atoms with van der Waals surface area (Å²) < 4.78 is 20.0. The second kappa shape index (κ2) is 6.14. The maximum absolute atomic E-state index is 11.0. The predicted octanol–water partition coefficient (Wildman–Crippen LogP) is 2.47. The average Bonchev–Trinajstić information content (AvgIpc) is 2.38. The fraction of sp³-hybridized carbons (Fsp3) is 0.500. The van der Waals surface area contributed by atoms with Crippen LogP contribution in [0.4, 0.5) is 5.69 Å². The van der Waals surface area contributed by atoms with Crippen LogP contribution in [0, 0.1) is 0 Å². The molecule has 1 saturated carbocycles. The largest absolute Gasteiger partial charge is 0.293 e. The van der Waals surface area contributed by atoms with Gasteiger partial charge in [0.2, 0.25) is 0 Å². The molecule has 1 unspecified atom stereocenters. The van der Waals surface area contributed by atoms with Crippen LogP contribution in [0.3, 0.4) is 0 Å². The molecule has 0 heterocycles. The van der Waals surface area contributed by atoms with Crippen LogP contribution in [0.1, 0.15) is 32.1 Å². The summed E-state index contributed by atoms with van der Waals surface area (Å²) in [4.78, 5) is 2.63. The molecule has 2 N–H and O–H groups in total. The van der Waals surface area contributed by atoms with Crippen molar-refractivity contribution in [3.05, 3.63) is 30.3 Å². The van der Waals surface area contributed by atoms with Crippen LogP contribution in [0.25, 0.3) is 0 Å². The highest BCUT2D eigenvalue weighted by molar-refractivity contribution is 7.77. The van der Waals surface area contributed by atoms with Gasteiger partial charge in [-0.1, -0.05) is 37.5 Å². The molecule has 0 amide bonds. The number of hydrogen-bond donors (Lipinski definition) is 2. The molecule has 5 heteroatoms. The van der Waals surface area contributed by atoms with Crippen LogP contribution in [0.15, 0.2) is 30.3 Å². The number of rotatable bonds is 4. The normalized spacial score (nSPS) is 18.9. The van der Waals surface area contributed by atoms with E-state index in [9.17, 15) is 4.21 Å². The van der Waals surface area contributed by atoms with E-state index < -0.39 is 11.3 Å². The number of nitrogens with zero attached hydrogens (tertiary/aromatic N) is 1. The van der Waals surface area contributed by atoms with Crippen molar-refractivity contribution in [3.63, 3.8) is 0 Å². The zero-order chi connectivity index (χ0) is 12.1. The lowest BCUT2D eigenvalue weighted by atomic mass is 9.95. The second-order valence-electron chi connectivity index (χ2n) is 4.34. The van der Waals surface area contributed by atoms with E-state index in [2.05, 4.69) is 4.83 Å². The molecule has 17 heavy (non-hydrogen) atoms. The van der Waals surface area contributed by atoms with E-state index in [0.717, 1.165) is 18.5 Å². The molecule has 0 radical (unpaired) electrons. The van der Waals surface area contributed by atoms with Gasteiger partial charge < -0.3 is 0 Å².